The molecule has 0 aliphatic carbocycles. The quantitative estimate of drug-likeness (QED) is 0.0261. The summed E-state index contributed by atoms with van der Waals surface area (Å²) >= 11 is 0. The third-order valence-corrected chi connectivity index (χ3v) is 15.3. The predicted octanol–water partition coefficient (Wildman–Crippen LogP) is 24.2. The van der Waals surface area contributed by atoms with Crippen LogP contribution >= 0.6 is 0 Å². The third-order valence-electron chi connectivity index (χ3n) is 15.3. The van der Waals surface area contributed by atoms with Gasteiger partial charge >= 0.3 is 17.9 Å². The van der Waals surface area contributed by atoms with E-state index in [0.29, 0.717) is 19.3 Å². The first-order valence-electron chi connectivity index (χ1n) is 35.1. The molecule has 0 fully saturated rings. The number of ether oxygens (including phenoxy) is 3. The Morgan fingerprint density at radius 3 is 0.716 bits per heavy atom. The summed E-state index contributed by atoms with van der Waals surface area (Å²) < 4.78 is 17.0. The van der Waals surface area contributed by atoms with Crippen LogP contribution in [-0.4, -0.2) is 37.2 Å². The Morgan fingerprint density at radius 2 is 0.444 bits per heavy atom. The van der Waals surface area contributed by atoms with Gasteiger partial charge in [-0.3, -0.25) is 14.4 Å². The van der Waals surface area contributed by atoms with Crippen molar-refractivity contribution in [2.24, 2.45) is 0 Å². The molecule has 468 valence electrons. The van der Waals surface area contributed by atoms with Crippen molar-refractivity contribution in [3.05, 3.63) is 85.1 Å². The van der Waals surface area contributed by atoms with Crippen molar-refractivity contribution in [1.82, 2.24) is 0 Å². The summed E-state index contributed by atoms with van der Waals surface area (Å²) in [6, 6.07) is 0. The molecule has 0 N–H and O–H groups in total. The minimum Gasteiger partial charge on any atom is -0.462 e. The van der Waals surface area contributed by atoms with Crippen LogP contribution in [0.2, 0.25) is 0 Å². The zero-order chi connectivity index (χ0) is 58.5. The Kier molecular flexibility index (Phi) is 66.2. The number of hydrogen-bond acceptors (Lipinski definition) is 6. The van der Waals surface area contributed by atoms with Crippen LogP contribution in [0.5, 0.6) is 0 Å². The van der Waals surface area contributed by atoms with Gasteiger partial charge in [0, 0.05) is 19.3 Å². The maximum atomic E-state index is 13.0. The molecule has 0 rings (SSSR count). The highest BCUT2D eigenvalue weighted by Crippen LogP contribution is 2.17. The van der Waals surface area contributed by atoms with Crippen LogP contribution in [0.3, 0.4) is 0 Å². The molecular formula is C75H132O6. The van der Waals surface area contributed by atoms with E-state index in [1.165, 1.54) is 225 Å². The highest BCUT2D eigenvalue weighted by atomic mass is 16.6. The lowest BCUT2D eigenvalue weighted by molar-refractivity contribution is -0.167. The molecular weight excluding hydrogens is 997 g/mol. The van der Waals surface area contributed by atoms with Crippen LogP contribution in [0, 0.1) is 0 Å². The topological polar surface area (TPSA) is 78.9 Å². The molecule has 0 radical (unpaired) electrons. The zero-order valence-electron chi connectivity index (χ0n) is 53.8. The first kappa shape index (κ1) is 77.6. The van der Waals surface area contributed by atoms with Crippen molar-refractivity contribution in [2.45, 2.75) is 361 Å². The van der Waals surface area contributed by atoms with Gasteiger partial charge in [0.25, 0.3) is 0 Å². The summed E-state index contributed by atoms with van der Waals surface area (Å²) in [5.41, 5.74) is 0. The average molecular weight is 1130 g/mol. The van der Waals surface area contributed by atoms with Crippen molar-refractivity contribution in [1.29, 1.82) is 0 Å². The molecule has 0 bridgehead atoms. The lowest BCUT2D eigenvalue weighted by Crippen LogP contribution is -2.30. The molecule has 0 amide bonds. The van der Waals surface area contributed by atoms with Crippen molar-refractivity contribution >= 4 is 17.9 Å². The van der Waals surface area contributed by atoms with Gasteiger partial charge in [-0.1, -0.05) is 298 Å². The van der Waals surface area contributed by atoms with Crippen molar-refractivity contribution in [3.63, 3.8) is 0 Å². The van der Waals surface area contributed by atoms with Gasteiger partial charge in [-0.25, -0.2) is 0 Å². The van der Waals surface area contributed by atoms with E-state index >= 15 is 0 Å². The summed E-state index contributed by atoms with van der Waals surface area (Å²) in [6.45, 7) is 6.62. The summed E-state index contributed by atoms with van der Waals surface area (Å²) in [5, 5.41) is 0. The monoisotopic (exact) mass is 1130 g/mol. The van der Waals surface area contributed by atoms with E-state index in [0.717, 1.165) is 89.9 Å². The van der Waals surface area contributed by atoms with E-state index in [2.05, 4.69) is 106 Å². The van der Waals surface area contributed by atoms with E-state index in [-0.39, 0.29) is 31.1 Å². The molecule has 0 aromatic rings. The van der Waals surface area contributed by atoms with Gasteiger partial charge in [0.15, 0.2) is 6.10 Å². The Balaban J connectivity index is 4.39. The smallest absolute Gasteiger partial charge is 0.306 e. The standard InChI is InChI=1S/C75H132O6/c1-4-7-10-13-16-19-22-25-28-31-34-36-37-39-41-44-47-50-53-56-59-62-65-68-74(77)80-71-72(70-79-73(76)67-64-61-58-55-52-49-46-43-40-33-30-27-24-21-18-15-12-9-6-3)81-75(78)69-66-63-60-57-54-51-48-45-42-38-35-32-29-26-23-20-17-14-11-8-5-2/h18,21-23,25-27,30-32,34-35,40,43,72H,4-17,19-20,24,28-29,33,36-39,41-42,44-71H2,1-3H3/b21-18-,25-22-,26-23-,30-27-,34-31-,35-32-,43-40-. The first-order chi connectivity index (χ1) is 40.0. The van der Waals surface area contributed by atoms with Gasteiger partial charge < -0.3 is 14.2 Å². The largest absolute Gasteiger partial charge is 0.462 e. The Labute approximate surface area is 503 Å². The molecule has 0 heterocycles. The molecule has 1 atom stereocenters. The molecule has 6 nitrogen and oxygen atoms in total. The van der Waals surface area contributed by atoms with E-state index < -0.39 is 6.10 Å². The van der Waals surface area contributed by atoms with Crippen molar-refractivity contribution in [3.8, 4) is 0 Å². The van der Waals surface area contributed by atoms with E-state index in [4.69, 9.17) is 14.2 Å². The molecule has 0 aromatic carbocycles. The van der Waals surface area contributed by atoms with E-state index in [1.807, 2.05) is 0 Å². The Hall–Kier alpha value is -3.41. The second-order valence-corrected chi connectivity index (χ2v) is 23.4. The minimum atomic E-state index is -0.788. The van der Waals surface area contributed by atoms with E-state index in [9.17, 15) is 14.4 Å². The molecule has 0 aliphatic heterocycles. The maximum Gasteiger partial charge on any atom is 0.306 e. The lowest BCUT2D eigenvalue weighted by atomic mass is 10.0. The van der Waals surface area contributed by atoms with Gasteiger partial charge in [-0.05, 0) is 122 Å². The number of allylic oxidation sites excluding steroid dienone is 14. The normalized spacial score (nSPS) is 12.6. The number of carbonyl (C=O) groups is 3. The Morgan fingerprint density at radius 1 is 0.247 bits per heavy atom. The lowest BCUT2D eigenvalue weighted by Gasteiger charge is -2.18. The fraction of sp³-hybridized carbons (Fsp3) is 0.773. The Bertz CT molecular complexity index is 1530. The summed E-state index contributed by atoms with van der Waals surface area (Å²) in [6.07, 6.45) is 91.6. The molecule has 0 aromatic heterocycles. The van der Waals surface area contributed by atoms with Crippen LogP contribution < -0.4 is 0 Å². The zero-order valence-corrected chi connectivity index (χ0v) is 53.8. The third kappa shape index (κ3) is 67.3. The van der Waals surface area contributed by atoms with Crippen LogP contribution in [-0.2, 0) is 28.6 Å². The fourth-order valence-corrected chi connectivity index (χ4v) is 10.0. The number of unbranched alkanes of at least 4 members (excludes halogenated alkanes) is 39. The number of rotatable bonds is 64. The molecule has 0 spiro atoms. The average Bonchev–Trinajstić information content (AvgIpc) is 3.47. The van der Waals surface area contributed by atoms with Crippen LogP contribution in [0.1, 0.15) is 355 Å². The molecule has 6 heteroatoms. The highest BCUT2D eigenvalue weighted by Gasteiger charge is 2.19. The molecule has 81 heavy (non-hydrogen) atoms. The predicted molar refractivity (Wildman–Crippen MR) is 353 cm³/mol. The molecule has 0 saturated heterocycles. The molecule has 1 unspecified atom stereocenters. The SMILES string of the molecule is CCCCC/C=C\C/C=C\C/C=C\CCCCCCCCC(=O)OCC(COC(=O)CCCCCCCCCCCCC/C=C\C/C=C\CCCCCCC)OC(=O)CCCCCCCCCCC/C=C\C/C=C\CCCCCCC. The second-order valence-electron chi connectivity index (χ2n) is 23.4. The van der Waals surface area contributed by atoms with Gasteiger partial charge in [-0.2, -0.15) is 0 Å². The number of hydrogen-bond donors (Lipinski definition) is 0. The fourth-order valence-electron chi connectivity index (χ4n) is 10.0. The van der Waals surface area contributed by atoms with Crippen molar-refractivity contribution < 1.29 is 28.6 Å². The summed E-state index contributed by atoms with van der Waals surface area (Å²) in [7, 11) is 0. The molecule has 0 aliphatic rings. The van der Waals surface area contributed by atoms with Gasteiger partial charge in [0.1, 0.15) is 13.2 Å². The van der Waals surface area contributed by atoms with Gasteiger partial charge in [0.05, 0.1) is 0 Å². The van der Waals surface area contributed by atoms with Gasteiger partial charge in [-0.15, -0.1) is 0 Å². The summed E-state index contributed by atoms with van der Waals surface area (Å²) in [4.78, 5) is 38.5. The summed E-state index contributed by atoms with van der Waals surface area (Å²) in [5.74, 6) is -0.884. The molecule has 0 saturated carbocycles. The van der Waals surface area contributed by atoms with Gasteiger partial charge in [0.2, 0.25) is 0 Å². The van der Waals surface area contributed by atoms with Crippen LogP contribution in [0.25, 0.3) is 0 Å². The van der Waals surface area contributed by atoms with Crippen LogP contribution in [0.4, 0.5) is 0 Å². The second kappa shape index (κ2) is 69.1. The highest BCUT2D eigenvalue weighted by molar-refractivity contribution is 5.71. The maximum absolute atomic E-state index is 13.0. The van der Waals surface area contributed by atoms with Crippen LogP contribution in [0.15, 0.2) is 85.1 Å². The van der Waals surface area contributed by atoms with E-state index in [1.54, 1.807) is 0 Å². The minimum absolute atomic E-state index is 0.0822. The number of carbonyl (C=O) groups excluding carboxylic acids is 3. The number of esters is 3. The van der Waals surface area contributed by atoms with Crippen molar-refractivity contribution in [2.75, 3.05) is 13.2 Å². The first-order valence-corrected chi connectivity index (χ1v) is 35.1.